The number of hydrogen-bond acceptors (Lipinski definition) is 2. The van der Waals surface area contributed by atoms with E-state index in [9.17, 15) is 9.59 Å². The lowest BCUT2D eigenvalue weighted by atomic mass is 10.0. The molecule has 0 spiro atoms. The predicted octanol–water partition coefficient (Wildman–Crippen LogP) is 2.81. The minimum Gasteiger partial charge on any atom is -0.325 e. The third-order valence-corrected chi connectivity index (χ3v) is 3.03. The molecule has 1 heterocycles. The topological polar surface area (TPSA) is 49.4 Å². The monoisotopic (exact) mass is 266 g/mol. The molecule has 1 aliphatic heterocycles. The molecule has 1 N–H and O–H groups in total. The van der Waals surface area contributed by atoms with E-state index in [0.29, 0.717) is 23.0 Å². The fourth-order valence-electron chi connectivity index (χ4n) is 2.02. The molecular formula is C13H15ClN2O2. The van der Waals surface area contributed by atoms with Crippen LogP contribution in [-0.4, -0.2) is 18.0 Å². The van der Waals surface area contributed by atoms with E-state index in [0.717, 1.165) is 4.90 Å². The van der Waals surface area contributed by atoms with Crippen molar-refractivity contribution < 1.29 is 9.59 Å². The summed E-state index contributed by atoms with van der Waals surface area (Å²) in [4.78, 5) is 25.2. The summed E-state index contributed by atoms with van der Waals surface area (Å²) < 4.78 is 0. The highest BCUT2D eigenvalue weighted by molar-refractivity contribution is 6.31. The molecule has 3 amide bonds. The van der Waals surface area contributed by atoms with Crippen LogP contribution in [0, 0.1) is 5.92 Å². The van der Waals surface area contributed by atoms with Crippen LogP contribution in [-0.2, 0) is 4.79 Å². The van der Waals surface area contributed by atoms with Crippen LogP contribution in [0.3, 0.4) is 0 Å². The van der Waals surface area contributed by atoms with Crippen LogP contribution in [0.25, 0.3) is 0 Å². The molecule has 0 aromatic heterocycles. The second-order valence-electron chi connectivity index (χ2n) is 4.79. The van der Waals surface area contributed by atoms with Crippen LogP contribution < -0.4 is 10.2 Å². The molecule has 0 aliphatic carbocycles. The average molecular weight is 267 g/mol. The van der Waals surface area contributed by atoms with Crippen molar-refractivity contribution in [2.75, 3.05) is 4.90 Å². The van der Waals surface area contributed by atoms with Gasteiger partial charge in [-0.3, -0.25) is 4.79 Å². The van der Waals surface area contributed by atoms with Crippen LogP contribution >= 0.6 is 11.6 Å². The smallest absolute Gasteiger partial charge is 0.325 e. The SMILES string of the molecule is CC(C)CC1NC(=O)N(c2cccc(Cl)c2)C1=O. The molecule has 18 heavy (non-hydrogen) atoms. The van der Waals surface area contributed by atoms with E-state index < -0.39 is 6.04 Å². The minimum atomic E-state index is -0.434. The number of anilines is 1. The van der Waals surface area contributed by atoms with Crippen molar-refractivity contribution in [1.82, 2.24) is 5.32 Å². The van der Waals surface area contributed by atoms with Gasteiger partial charge in [0, 0.05) is 5.02 Å². The number of hydrogen-bond donors (Lipinski definition) is 1. The molecule has 0 saturated carbocycles. The van der Waals surface area contributed by atoms with Crippen LogP contribution in [0.15, 0.2) is 24.3 Å². The number of rotatable bonds is 3. The van der Waals surface area contributed by atoms with E-state index in [-0.39, 0.29) is 11.9 Å². The molecular weight excluding hydrogens is 252 g/mol. The predicted molar refractivity (Wildman–Crippen MR) is 70.7 cm³/mol. The zero-order valence-electron chi connectivity index (χ0n) is 10.3. The summed E-state index contributed by atoms with van der Waals surface area (Å²) in [5.74, 6) is 0.134. The van der Waals surface area contributed by atoms with Gasteiger partial charge in [-0.2, -0.15) is 0 Å². The Balaban J connectivity index is 2.24. The second-order valence-corrected chi connectivity index (χ2v) is 5.22. The number of benzene rings is 1. The maximum Gasteiger partial charge on any atom is 0.329 e. The van der Waals surface area contributed by atoms with E-state index in [1.54, 1.807) is 24.3 Å². The second kappa shape index (κ2) is 4.98. The van der Waals surface area contributed by atoms with E-state index in [1.807, 2.05) is 13.8 Å². The van der Waals surface area contributed by atoms with Gasteiger partial charge in [0.15, 0.2) is 0 Å². The van der Waals surface area contributed by atoms with Crippen molar-refractivity contribution in [3.63, 3.8) is 0 Å². The van der Waals surface area contributed by atoms with Crippen molar-refractivity contribution in [2.45, 2.75) is 26.3 Å². The third kappa shape index (κ3) is 2.48. The zero-order chi connectivity index (χ0) is 13.3. The molecule has 1 aromatic rings. The fraction of sp³-hybridized carbons (Fsp3) is 0.385. The first-order valence-electron chi connectivity index (χ1n) is 5.89. The van der Waals surface area contributed by atoms with Gasteiger partial charge < -0.3 is 5.32 Å². The zero-order valence-corrected chi connectivity index (χ0v) is 11.1. The summed E-state index contributed by atoms with van der Waals surface area (Å²) in [6.07, 6.45) is 0.641. The van der Waals surface area contributed by atoms with Crippen molar-refractivity contribution in [1.29, 1.82) is 0 Å². The summed E-state index contributed by atoms with van der Waals surface area (Å²) >= 11 is 5.87. The van der Waals surface area contributed by atoms with Crippen molar-refractivity contribution >= 4 is 29.2 Å². The Morgan fingerprint density at radius 1 is 1.39 bits per heavy atom. The first-order chi connectivity index (χ1) is 8.49. The molecule has 1 saturated heterocycles. The lowest BCUT2D eigenvalue weighted by Crippen LogP contribution is -2.31. The molecule has 4 nitrogen and oxygen atoms in total. The summed E-state index contributed by atoms with van der Waals surface area (Å²) in [6.45, 7) is 4.03. The molecule has 5 heteroatoms. The highest BCUT2D eigenvalue weighted by Crippen LogP contribution is 2.24. The van der Waals surface area contributed by atoms with Crippen LogP contribution in [0.1, 0.15) is 20.3 Å². The number of nitrogens with zero attached hydrogens (tertiary/aromatic N) is 1. The fourth-order valence-corrected chi connectivity index (χ4v) is 2.21. The van der Waals surface area contributed by atoms with Gasteiger partial charge in [0.2, 0.25) is 0 Å². The summed E-state index contributed by atoms with van der Waals surface area (Å²) in [6, 6.07) is 5.91. The normalized spacial score (nSPS) is 19.6. The molecule has 1 unspecified atom stereocenters. The number of halogens is 1. The standard InChI is InChI=1S/C13H15ClN2O2/c1-8(2)6-11-12(17)16(13(18)15-11)10-5-3-4-9(14)7-10/h3-5,7-8,11H,6H2,1-2H3,(H,15,18). The molecule has 1 atom stereocenters. The molecule has 1 aromatic carbocycles. The lowest BCUT2D eigenvalue weighted by molar-refractivity contribution is -0.118. The van der Waals surface area contributed by atoms with Crippen molar-refractivity contribution in [3.8, 4) is 0 Å². The Morgan fingerprint density at radius 3 is 2.72 bits per heavy atom. The van der Waals surface area contributed by atoms with E-state index in [4.69, 9.17) is 11.6 Å². The molecule has 1 fully saturated rings. The molecule has 2 rings (SSSR count). The highest BCUT2D eigenvalue weighted by atomic mass is 35.5. The molecule has 96 valence electrons. The number of carbonyl (C=O) groups excluding carboxylic acids is 2. The maximum absolute atomic E-state index is 12.2. The Hall–Kier alpha value is -1.55. The third-order valence-electron chi connectivity index (χ3n) is 2.79. The Kier molecular flexibility index (Phi) is 3.57. The Morgan fingerprint density at radius 2 is 2.11 bits per heavy atom. The van der Waals surface area contributed by atoms with Gasteiger partial charge in [-0.15, -0.1) is 0 Å². The first kappa shape index (κ1) is 12.9. The molecule has 0 bridgehead atoms. The van der Waals surface area contributed by atoms with Gasteiger partial charge >= 0.3 is 6.03 Å². The minimum absolute atomic E-state index is 0.212. The summed E-state index contributed by atoms with van der Waals surface area (Å²) in [5, 5.41) is 3.20. The number of urea groups is 1. The van der Waals surface area contributed by atoms with Gasteiger partial charge in [0.1, 0.15) is 6.04 Å². The summed E-state index contributed by atoms with van der Waals surface area (Å²) in [7, 11) is 0. The Bertz CT molecular complexity index is 488. The largest absolute Gasteiger partial charge is 0.329 e. The number of imide groups is 1. The number of amides is 3. The van der Waals surface area contributed by atoms with Crippen LogP contribution in [0.2, 0.25) is 5.02 Å². The first-order valence-corrected chi connectivity index (χ1v) is 6.27. The molecule has 1 aliphatic rings. The molecule has 0 radical (unpaired) electrons. The van der Waals surface area contributed by atoms with Gasteiger partial charge in [0.05, 0.1) is 5.69 Å². The van der Waals surface area contributed by atoms with E-state index in [2.05, 4.69) is 5.32 Å². The van der Waals surface area contributed by atoms with E-state index in [1.165, 1.54) is 0 Å². The maximum atomic E-state index is 12.2. The van der Waals surface area contributed by atoms with E-state index >= 15 is 0 Å². The van der Waals surface area contributed by atoms with Gasteiger partial charge in [-0.05, 0) is 30.5 Å². The number of carbonyl (C=O) groups is 2. The summed E-state index contributed by atoms with van der Waals surface area (Å²) in [5.41, 5.74) is 0.510. The van der Waals surface area contributed by atoms with Crippen LogP contribution in [0.5, 0.6) is 0 Å². The quantitative estimate of drug-likeness (QED) is 0.856. The lowest BCUT2D eigenvalue weighted by Gasteiger charge is -2.13. The van der Waals surface area contributed by atoms with Gasteiger partial charge in [0.25, 0.3) is 5.91 Å². The average Bonchev–Trinajstić information content (AvgIpc) is 2.53. The Labute approximate surface area is 111 Å². The van der Waals surface area contributed by atoms with Crippen molar-refractivity contribution in [3.05, 3.63) is 29.3 Å². The number of nitrogens with one attached hydrogen (secondary N) is 1. The van der Waals surface area contributed by atoms with Crippen LogP contribution in [0.4, 0.5) is 10.5 Å². The van der Waals surface area contributed by atoms with Gasteiger partial charge in [-0.25, -0.2) is 9.69 Å². The van der Waals surface area contributed by atoms with Gasteiger partial charge in [-0.1, -0.05) is 31.5 Å². The van der Waals surface area contributed by atoms with Crippen molar-refractivity contribution in [2.24, 2.45) is 5.92 Å². The highest BCUT2D eigenvalue weighted by Gasteiger charge is 2.39.